The van der Waals surface area contributed by atoms with Gasteiger partial charge in [0.15, 0.2) is 6.10 Å². The average Bonchev–Trinajstić information content (AvgIpc) is 2.98. The number of esters is 3. The number of rotatable bonds is 7. The molecular weight excluding hydrogens is 542 g/mol. The van der Waals surface area contributed by atoms with Gasteiger partial charge in [-0.15, -0.1) is 0 Å². The molecule has 1 saturated heterocycles. The fraction of sp³-hybridized carbons (Fsp3) is 0.667. The highest BCUT2D eigenvalue weighted by atomic mass is 32.2. The Hall–Kier alpha value is -2.99. The molecule has 2 rings (SSSR count). The summed E-state index contributed by atoms with van der Waals surface area (Å²) in [4.78, 5) is 41.9. The maximum absolute atomic E-state index is 13.9. The average molecular weight is 585 g/mol. The smallest absolute Gasteiger partial charge is 0.311 e. The van der Waals surface area contributed by atoms with E-state index in [0.29, 0.717) is 0 Å². The fourth-order valence-electron chi connectivity index (χ4n) is 3.34. The van der Waals surface area contributed by atoms with Crippen LogP contribution in [0.3, 0.4) is 0 Å². The molecule has 0 bridgehead atoms. The van der Waals surface area contributed by atoms with E-state index in [1.54, 1.807) is 6.07 Å². The number of aliphatic hydroxyl groups is 1. The van der Waals surface area contributed by atoms with Gasteiger partial charge in [-0.1, -0.05) is 23.3 Å². The lowest BCUT2D eigenvalue weighted by Crippen LogP contribution is -2.68. The van der Waals surface area contributed by atoms with Gasteiger partial charge in [-0.05, 0) is 79.9 Å². The van der Waals surface area contributed by atoms with Gasteiger partial charge in [-0.25, -0.2) is 4.21 Å². The topological polar surface area (TPSA) is 174 Å². The Bertz CT molecular complexity index is 1240. The number of azide groups is 1. The van der Waals surface area contributed by atoms with Crippen molar-refractivity contribution in [2.24, 2.45) is 21.4 Å². The lowest BCUT2D eigenvalue weighted by molar-refractivity contribution is -0.291. The van der Waals surface area contributed by atoms with E-state index >= 15 is 0 Å². The van der Waals surface area contributed by atoms with Crippen LogP contribution in [0.2, 0.25) is 0 Å². The van der Waals surface area contributed by atoms with Crippen molar-refractivity contribution in [3.8, 4) is 0 Å². The summed E-state index contributed by atoms with van der Waals surface area (Å²) in [6, 6.07) is 5.72. The minimum Gasteiger partial charge on any atom is -0.462 e. The molecule has 0 aliphatic carbocycles. The summed E-state index contributed by atoms with van der Waals surface area (Å²) in [6.45, 7) is 6.68. The number of ether oxygens (including phenoxy) is 4. The van der Waals surface area contributed by atoms with E-state index in [1.165, 1.54) is 65.8 Å². The van der Waals surface area contributed by atoms with E-state index < -0.39 is 94.8 Å². The Morgan fingerprint density at radius 3 is 2.08 bits per heavy atom. The Labute approximate surface area is 241 Å². The van der Waals surface area contributed by atoms with Gasteiger partial charge in [0.2, 0.25) is 0 Å². The molecule has 40 heavy (non-hydrogen) atoms. The Morgan fingerprint density at radius 2 is 1.55 bits per heavy atom. The highest BCUT2D eigenvalue weighted by Gasteiger charge is 2.62. The van der Waals surface area contributed by atoms with Crippen molar-refractivity contribution < 1.29 is 46.8 Å². The molecule has 0 aromatic heterocycles. The number of carbonyl (C=O) groups is 3. The SMILES string of the molecule is [2H]CC(C)(C)C(=O)OC[C@H]1OC(O)(S(=O)c2ccccc2)[C@H](OC(=O)C(C)(C)C[2H])[C@@H](N=[N+]=[N-])[C@@H]1OC(=O)C(C)(C)C[2H]. The van der Waals surface area contributed by atoms with Crippen molar-refractivity contribution in [1.82, 2.24) is 0 Å². The van der Waals surface area contributed by atoms with Gasteiger partial charge >= 0.3 is 17.9 Å². The molecule has 1 aliphatic heterocycles. The van der Waals surface area contributed by atoms with Gasteiger partial charge in [0.05, 0.1) is 16.2 Å². The molecule has 2 unspecified atom stereocenters. The number of nitrogens with zero attached hydrogens (tertiary/aromatic N) is 3. The zero-order valence-electron chi connectivity index (χ0n) is 26.5. The third-order valence-corrected chi connectivity index (χ3v) is 7.17. The fourth-order valence-corrected chi connectivity index (χ4v) is 4.69. The summed E-state index contributed by atoms with van der Waals surface area (Å²) in [5.41, 5.74) is 5.47. The van der Waals surface area contributed by atoms with E-state index in [2.05, 4.69) is 10.0 Å². The van der Waals surface area contributed by atoms with Crippen LogP contribution < -0.4 is 0 Å². The number of hydrogen-bond acceptors (Lipinski definition) is 10. The standard InChI is InChI=1S/C27H39N3O9S/c1-24(2,3)21(31)36-15-17-19(37-22(32)25(4,5)6)18(29-30-28)20(38-23(33)26(7,8)9)27(34,39-17)40(35)16-13-11-10-12-14-16/h10-14,17-20,34H,15H2,1-9H3/t17-,18+,19-,20-,27?,40?/m1/s1/i1D,4D,7D. The highest BCUT2D eigenvalue weighted by molar-refractivity contribution is 7.86. The van der Waals surface area contributed by atoms with Crippen LogP contribution in [0.15, 0.2) is 40.3 Å². The van der Waals surface area contributed by atoms with Crippen LogP contribution in [0, 0.1) is 16.2 Å². The number of hydrogen-bond donors (Lipinski definition) is 1. The monoisotopic (exact) mass is 584 g/mol. The van der Waals surface area contributed by atoms with Crippen molar-refractivity contribution >= 4 is 28.7 Å². The van der Waals surface area contributed by atoms with Crippen molar-refractivity contribution in [3.05, 3.63) is 40.8 Å². The van der Waals surface area contributed by atoms with E-state index in [9.17, 15) is 29.2 Å². The first-order valence-electron chi connectivity index (χ1n) is 14.4. The molecule has 1 N–H and O–H groups in total. The van der Waals surface area contributed by atoms with Crippen LogP contribution in [0.25, 0.3) is 10.4 Å². The van der Waals surface area contributed by atoms with Gasteiger partial charge in [-0.2, -0.15) is 0 Å². The molecule has 13 heteroatoms. The third kappa shape index (κ3) is 7.81. The molecule has 0 radical (unpaired) electrons. The van der Waals surface area contributed by atoms with Crippen molar-refractivity contribution in [2.75, 3.05) is 6.61 Å². The second kappa shape index (κ2) is 12.3. The normalized spacial score (nSPS) is 27.1. The van der Waals surface area contributed by atoms with Crippen LogP contribution in [-0.2, 0) is 44.1 Å². The molecular formula is C27H39N3O9S. The van der Waals surface area contributed by atoms with E-state index in [-0.39, 0.29) is 11.8 Å². The Kier molecular flexibility index (Phi) is 8.74. The molecule has 222 valence electrons. The quantitative estimate of drug-likeness (QED) is 0.163. The van der Waals surface area contributed by atoms with E-state index in [4.69, 9.17) is 23.1 Å². The molecule has 0 amide bonds. The predicted molar refractivity (Wildman–Crippen MR) is 145 cm³/mol. The molecule has 12 nitrogen and oxygen atoms in total. The third-order valence-electron chi connectivity index (χ3n) is 5.61. The van der Waals surface area contributed by atoms with Crippen molar-refractivity contribution in [2.45, 2.75) is 96.6 Å². The summed E-state index contributed by atoms with van der Waals surface area (Å²) in [5, 5.41) is 12.7. The largest absolute Gasteiger partial charge is 0.462 e. The van der Waals surface area contributed by atoms with Crippen LogP contribution in [0.5, 0.6) is 0 Å². The van der Waals surface area contributed by atoms with Crippen LogP contribution in [0.1, 0.15) is 66.4 Å². The maximum atomic E-state index is 13.9. The first kappa shape index (κ1) is 28.5. The zero-order valence-corrected chi connectivity index (χ0v) is 24.3. The molecule has 1 aliphatic rings. The lowest BCUT2D eigenvalue weighted by Gasteiger charge is -2.48. The highest BCUT2D eigenvalue weighted by Crippen LogP contribution is 2.40. The number of carbonyl (C=O) groups excluding carboxylic acids is 3. The van der Waals surface area contributed by atoms with Crippen molar-refractivity contribution in [3.63, 3.8) is 0 Å². The van der Waals surface area contributed by atoms with Gasteiger partial charge in [-0.3, -0.25) is 14.4 Å². The van der Waals surface area contributed by atoms with Crippen LogP contribution >= 0.6 is 0 Å². The minimum atomic E-state index is -2.94. The van der Waals surface area contributed by atoms with Gasteiger partial charge < -0.3 is 24.1 Å². The van der Waals surface area contributed by atoms with Gasteiger partial charge in [0.25, 0.3) is 5.12 Å². The Morgan fingerprint density at radius 1 is 1.02 bits per heavy atom. The molecule has 1 aromatic rings. The summed E-state index contributed by atoms with van der Waals surface area (Å²) in [6.07, 6.45) is -5.34. The van der Waals surface area contributed by atoms with Crippen LogP contribution in [-0.4, -0.2) is 63.3 Å². The molecule has 1 aromatic carbocycles. The lowest BCUT2D eigenvalue weighted by atomic mass is 9.93. The molecule has 6 atom stereocenters. The van der Waals surface area contributed by atoms with Crippen LogP contribution in [0.4, 0.5) is 0 Å². The molecule has 1 heterocycles. The van der Waals surface area contributed by atoms with Crippen molar-refractivity contribution in [1.29, 1.82) is 0 Å². The zero-order chi connectivity index (χ0) is 32.8. The second-order valence-electron chi connectivity index (χ2n) is 11.5. The summed E-state index contributed by atoms with van der Waals surface area (Å²) >= 11 is 0. The van der Waals surface area contributed by atoms with Gasteiger partial charge in [0.1, 0.15) is 35.7 Å². The van der Waals surface area contributed by atoms with E-state index in [0.717, 1.165) is 0 Å². The first-order valence-corrected chi connectivity index (χ1v) is 13.4. The minimum absolute atomic E-state index is 0.0300. The second-order valence-corrected chi connectivity index (χ2v) is 13.1. The molecule has 0 spiro atoms. The maximum Gasteiger partial charge on any atom is 0.311 e. The predicted octanol–water partition coefficient (Wildman–Crippen LogP) is 4.02. The summed E-state index contributed by atoms with van der Waals surface area (Å²) < 4.78 is 59.5. The molecule has 0 saturated carbocycles. The summed E-state index contributed by atoms with van der Waals surface area (Å²) in [5.74, 6) is -2.80. The Balaban J connectivity index is 2.75. The summed E-state index contributed by atoms with van der Waals surface area (Å²) in [7, 11) is -2.55. The van der Waals surface area contributed by atoms with E-state index in [1.807, 2.05) is 0 Å². The van der Waals surface area contributed by atoms with Gasteiger partial charge in [0, 0.05) is 13.9 Å². The number of benzene rings is 1. The first-order chi connectivity index (χ1) is 19.9. The molecule has 1 fully saturated rings.